The van der Waals surface area contributed by atoms with Crippen LogP contribution in [-0.4, -0.2) is 31.2 Å². The minimum absolute atomic E-state index is 0.122. The third-order valence-corrected chi connectivity index (χ3v) is 4.30. The Balaban J connectivity index is 2.29. The van der Waals surface area contributed by atoms with Gasteiger partial charge < -0.3 is 4.90 Å². The average molecular weight is 321 g/mol. The van der Waals surface area contributed by atoms with E-state index in [1.54, 1.807) is 6.92 Å². The molecule has 1 aliphatic heterocycles. The van der Waals surface area contributed by atoms with E-state index in [0.29, 0.717) is 5.56 Å². The van der Waals surface area contributed by atoms with Crippen LogP contribution in [-0.2, 0) is 12.3 Å². The lowest BCUT2D eigenvalue weighted by atomic mass is 9.86. The smallest absolute Gasteiger partial charge is 0.306 e. The van der Waals surface area contributed by atoms with E-state index in [1.807, 2.05) is 7.05 Å². The summed E-state index contributed by atoms with van der Waals surface area (Å²) in [6.45, 7) is 3.40. The lowest BCUT2D eigenvalue weighted by molar-refractivity contribution is -0.289. The van der Waals surface area contributed by atoms with E-state index in [1.165, 1.54) is 12.1 Å². The molecule has 124 valence electrons. The van der Waals surface area contributed by atoms with Gasteiger partial charge in [0, 0.05) is 5.56 Å². The lowest BCUT2D eigenvalue weighted by Crippen LogP contribution is -2.35. The molecule has 0 aromatic heterocycles. The predicted molar refractivity (Wildman–Crippen MR) is 75.1 cm³/mol. The topological polar surface area (TPSA) is 3.24 Å². The molecule has 0 saturated carbocycles. The highest BCUT2D eigenvalue weighted by Crippen LogP contribution is 2.45. The molecule has 0 aliphatic carbocycles. The van der Waals surface area contributed by atoms with Crippen molar-refractivity contribution in [1.29, 1.82) is 0 Å². The predicted octanol–water partition coefficient (Wildman–Crippen LogP) is 4.53. The van der Waals surface area contributed by atoms with Crippen molar-refractivity contribution in [2.24, 2.45) is 5.92 Å². The van der Waals surface area contributed by atoms with Crippen LogP contribution in [0.1, 0.15) is 29.5 Å². The van der Waals surface area contributed by atoms with Crippen LogP contribution in [0, 0.1) is 12.8 Å². The van der Waals surface area contributed by atoms with Gasteiger partial charge in [-0.05, 0) is 57.8 Å². The Morgan fingerprint density at radius 3 is 2.23 bits per heavy atom. The summed E-state index contributed by atoms with van der Waals surface area (Å²) < 4.78 is 65.5. The van der Waals surface area contributed by atoms with Gasteiger partial charge in [-0.25, -0.2) is 0 Å². The van der Waals surface area contributed by atoms with Crippen molar-refractivity contribution < 1.29 is 22.0 Å². The summed E-state index contributed by atoms with van der Waals surface area (Å²) in [4.78, 5) is 2.14. The van der Waals surface area contributed by atoms with Crippen LogP contribution in [0.4, 0.5) is 22.0 Å². The van der Waals surface area contributed by atoms with E-state index < -0.39 is 17.7 Å². The summed E-state index contributed by atoms with van der Waals surface area (Å²) in [5.41, 5.74) is -0.0777. The van der Waals surface area contributed by atoms with Gasteiger partial charge in [0.2, 0.25) is 0 Å². The molecule has 2 rings (SSSR count). The zero-order valence-corrected chi connectivity index (χ0v) is 12.7. The number of nitrogens with zero attached hydrogens (tertiary/aromatic N) is 1. The molecule has 0 radical (unpaired) electrons. The van der Waals surface area contributed by atoms with Gasteiger partial charge >= 0.3 is 12.1 Å². The summed E-state index contributed by atoms with van der Waals surface area (Å²) in [5.74, 6) is -4.65. The molecule has 1 fully saturated rings. The van der Waals surface area contributed by atoms with Crippen LogP contribution in [0.3, 0.4) is 0 Å². The molecule has 1 aromatic rings. The SMILES string of the molecule is Cc1ccc(C(F)(F)C(F)(F)F)c(CC2CCN(C)CC2)c1. The summed E-state index contributed by atoms with van der Waals surface area (Å²) in [6, 6.07) is 3.70. The second-order valence-corrected chi connectivity index (χ2v) is 6.18. The van der Waals surface area contributed by atoms with Crippen LogP contribution in [0.2, 0.25) is 0 Å². The van der Waals surface area contributed by atoms with Gasteiger partial charge in [-0.2, -0.15) is 22.0 Å². The molecule has 22 heavy (non-hydrogen) atoms. The van der Waals surface area contributed by atoms with Crippen molar-refractivity contribution in [3.8, 4) is 0 Å². The maximum Gasteiger partial charge on any atom is 0.458 e. The first-order valence-corrected chi connectivity index (χ1v) is 7.34. The number of likely N-dealkylation sites (tertiary alicyclic amines) is 1. The summed E-state index contributed by atoms with van der Waals surface area (Å²) in [6.07, 6.45) is -3.65. The number of aryl methyl sites for hydroxylation is 1. The second kappa shape index (κ2) is 6.14. The third-order valence-electron chi connectivity index (χ3n) is 4.30. The van der Waals surface area contributed by atoms with Gasteiger partial charge in [-0.15, -0.1) is 0 Å². The van der Waals surface area contributed by atoms with Gasteiger partial charge in [-0.1, -0.05) is 23.8 Å². The van der Waals surface area contributed by atoms with Crippen molar-refractivity contribution in [2.75, 3.05) is 20.1 Å². The number of rotatable bonds is 3. The average Bonchev–Trinajstić information content (AvgIpc) is 2.40. The van der Waals surface area contributed by atoms with Crippen LogP contribution in [0.25, 0.3) is 0 Å². The normalized spacial score (nSPS) is 18.7. The molecular weight excluding hydrogens is 301 g/mol. The molecule has 1 saturated heterocycles. The highest BCUT2D eigenvalue weighted by molar-refractivity contribution is 5.36. The van der Waals surface area contributed by atoms with E-state index >= 15 is 0 Å². The van der Waals surface area contributed by atoms with E-state index in [2.05, 4.69) is 4.90 Å². The fourth-order valence-electron chi connectivity index (χ4n) is 2.93. The Morgan fingerprint density at radius 1 is 1.09 bits per heavy atom. The maximum absolute atomic E-state index is 13.7. The molecule has 0 bridgehead atoms. The number of hydrogen-bond acceptors (Lipinski definition) is 1. The quantitative estimate of drug-likeness (QED) is 0.739. The zero-order valence-electron chi connectivity index (χ0n) is 12.7. The largest absolute Gasteiger partial charge is 0.458 e. The molecule has 1 aromatic carbocycles. The van der Waals surface area contributed by atoms with Crippen LogP contribution >= 0.6 is 0 Å². The van der Waals surface area contributed by atoms with Gasteiger partial charge in [0.25, 0.3) is 0 Å². The van der Waals surface area contributed by atoms with Gasteiger partial charge in [0.1, 0.15) is 0 Å². The second-order valence-electron chi connectivity index (χ2n) is 6.18. The number of piperidine rings is 1. The molecular formula is C16H20F5N. The standard InChI is InChI=1S/C16H20F5N/c1-11-3-4-14(15(17,18)16(19,20)21)13(9-11)10-12-5-7-22(2)8-6-12/h3-4,9,12H,5-8,10H2,1-2H3. The summed E-state index contributed by atoms with van der Waals surface area (Å²) in [5, 5.41) is 0. The van der Waals surface area contributed by atoms with Crippen molar-refractivity contribution in [3.05, 3.63) is 34.9 Å². The van der Waals surface area contributed by atoms with Gasteiger partial charge in [0.05, 0.1) is 0 Å². The van der Waals surface area contributed by atoms with Crippen LogP contribution in [0.5, 0.6) is 0 Å². The molecule has 0 amide bonds. The fraction of sp³-hybridized carbons (Fsp3) is 0.625. The molecule has 1 aliphatic rings. The number of benzene rings is 1. The van der Waals surface area contributed by atoms with Gasteiger partial charge in [-0.3, -0.25) is 0 Å². The van der Waals surface area contributed by atoms with Crippen LogP contribution in [0.15, 0.2) is 18.2 Å². The first kappa shape index (κ1) is 17.2. The Labute approximate surface area is 127 Å². The Hall–Kier alpha value is -1.17. The monoisotopic (exact) mass is 321 g/mol. The minimum Gasteiger partial charge on any atom is -0.306 e. The first-order chi connectivity index (χ1) is 10.1. The highest BCUT2D eigenvalue weighted by Gasteiger charge is 2.59. The number of alkyl halides is 5. The number of halogens is 5. The maximum atomic E-state index is 13.7. The van der Waals surface area contributed by atoms with Crippen LogP contribution < -0.4 is 0 Å². The Kier molecular flexibility index (Phi) is 4.80. The van der Waals surface area contributed by atoms with Gasteiger partial charge in [0.15, 0.2) is 0 Å². The van der Waals surface area contributed by atoms with Crippen molar-refractivity contribution in [2.45, 2.75) is 38.3 Å². The van der Waals surface area contributed by atoms with E-state index in [4.69, 9.17) is 0 Å². The Morgan fingerprint density at radius 2 is 1.68 bits per heavy atom. The molecule has 0 unspecified atom stereocenters. The third kappa shape index (κ3) is 3.59. The van der Waals surface area contributed by atoms with E-state index in [-0.39, 0.29) is 17.9 Å². The Bertz CT molecular complexity index is 516. The molecule has 0 spiro atoms. The van der Waals surface area contributed by atoms with E-state index in [0.717, 1.165) is 32.0 Å². The molecule has 0 atom stereocenters. The summed E-state index contributed by atoms with van der Waals surface area (Å²) in [7, 11) is 1.98. The van der Waals surface area contributed by atoms with Crippen molar-refractivity contribution >= 4 is 0 Å². The van der Waals surface area contributed by atoms with Crippen molar-refractivity contribution in [1.82, 2.24) is 4.90 Å². The fourth-order valence-corrected chi connectivity index (χ4v) is 2.93. The molecule has 1 nitrogen and oxygen atoms in total. The van der Waals surface area contributed by atoms with Crippen molar-refractivity contribution in [3.63, 3.8) is 0 Å². The summed E-state index contributed by atoms with van der Waals surface area (Å²) >= 11 is 0. The number of hydrogen-bond donors (Lipinski definition) is 0. The lowest BCUT2D eigenvalue weighted by Gasteiger charge is -2.30. The highest BCUT2D eigenvalue weighted by atomic mass is 19.4. The molecule has 0 N–H and O–H groups in total. The first-order valence-electron chi connectivity index (χ1n) is 7.34. The molecule has 1 heterocycles. The zero-order chi connectivity index (χ0) is 16.5. The molecule has 6 heteroatoms. The van der Waals surface area contributed by atoms with E-state index in [9.17, 15) is 22.0 Å². The minimum atomic E-state index is -5.57.